The van der Waals surface area contributed by atoms with Crippen molar-refractivity contribution in [3.8, 4) is 39.7 Å². The monoisotopic (exact) mass is 450 g/mol. The summed E-state index contributed by atoms with van der Waals surface area (Å²) in [6.07, 6.45) is 3.79. The first-order chi connectivity index (χ1) is 16.2. The molecule has 0 bridgehead atoms. The van der Waals surface area contributed by atoms with E-state index in [9.17, 15) is 0 Å². The molecule has 0 spiro atoms. The Bertz CT molecular complexity index is 1610. The molecular formula is C28H19ClN2O2. The highest BCUT2D eigenvalue weighted by Crippen LogP contribution is 2.36. The van der Waals surface area contributed by atoms with Crippen LogP contribution in [0.25, 0.3) is 55.6 Å². The molecule has 0 atom stereocenters. The number of oxazole rings is 1. The summed E-state index contributed by atoms with van der Waals surface area (Å²) in [6.45, 7) is 0. The van der Waals surface area contributed by atoms with Crippen LogP contribution in [0.3, 0.4) is 0 Å². The minimum atomic E-state index is 0.598. The summed E-state index contributed by atoms with van der Waals surface area (Å²) in [4.78, 5) is 7.88. The smallest absolute Gasteiger partial charge is 0.227 e. The van der Waals surface area contributed by atoms with Crippen molar-refractivity contribution in [1.29, 1.82) is 0 Å². The number of benzene rings is 4. The van der Waals surface area contributed by atoms with Crippen molar-refractivity contribution in [3.63, 3.8) is 0 Å². The van der Waals surface area contributed by atoms with E-state index >= 15 is 0 Å². The molecule has 6 rings (SSSR count). The predicted octanol–water partition coefficient (Wildman–Crippen LogP) is 7.97. The van der Waals surface area contributed by atoms with Crippen LogP contribution in [0.4, 0.5) is 0 Å². The highest BCUT2D eigenvalue weighted by atomic mass is 35.5. The third-order valence-corrected chi connectivity index (χ3v) is 6.18. The minimum absolute atomic E-state index is 0.598. The molecule has 4 nitrogen and oxygen atoms in total. The first-order valence-corrected chi connectivity index (χ1v) is 11.0. The van der Waals surface area contributed by atoms with Crippen LogP contribution in [0.15, 0.2) is 95.7 Å². The van der Waals surface area contributed by atoms with Gasteiger partial charge in [0.05, 0.1) is 13.3 Å². The van der Waals surface area contributed by atoms with E-state index in [1.165, 1.54) is 0 Å². The number of rotatable bonds is 4. The maximum atomic E-state index is 6.14. The summed E-state index contributed by atoms with van der Waals surface area (Å²) in [5.74, 6) is 2.13. The third-order valence-electron chi connectivity index (χ3n) is 5.95. The lowest BCUT2D eigenvalue weighted by atomic mass is 9.98. The SMILES string of the molecule is COc1ccc(-c2cnc(-c3cccc4cc(-c5c[nH]c6cc(Cl)ccc56)ccc34)o2)cc1. The van der Waals surface area contributed by atoms with Gasteiger partial charge in [-0.1, -0.05) is 41.9 Å². The van der Waals surface area contributed by atoms with Gasteiger partial charge in [0.1, 0.15) is 5.75 Å². The molecule has 0 saturated heterocycles. The van der Waals surface area contributed by atoms with Crippen molar-refractivity contribution in [1.82, 2.24) is 9.97 Å². The number of aromatic nitrogens is 2. The third kappa shape index (κ3) is 3.45. The van der Waals surface area contributed by atoms with Crippen LogP contribution in [0.1, 0.15) is 0 Å². The molecule has 0 aliphatic heterocycles. The molecule has 5 heteroatoms. The Labute approximate surface area is 195 Å². The minimum Gasteiger partial charge on any atom is -0.497 e. The maximum Gasteiger partial charge on any atom is 0.227 e. The number of methoxy groups -OCH3 is 1. The van der Waals surface area contributed by atoms with Crippen molar-refractivity contribution < 1.29 is 9.15 Å². The van der Waals surface area contributed by atoms with E-state index in [0.717, 1.165) is 60.5 Å². The van der Waals surface area contributed by atoms with Gasteiger partial charge in [-0.25, -0.2) is 4.98 Å². The molecule has 6 aromatic rings. The van der Waals surface area contributed by atoms with Gasteiger partial charge < -0.3 is 14.1 Å². The average molecular weight is 451 g/mol. The van der Waals surface area contributed by atoms with E-state index in [-0.39, 0.29) is 0 Å². The number of H-pyrrole nitrogens is 1. The lowest BCUT2D eigenvalue weighted by Crippen LogP contribution is -1.83. The van der Waals surface area contributed by atoms with Crippen LogP contribution in [-0.4, -0.2) is 17.1 Å². The summed E-state index contributed by atoms with van der Waals surface area (Å²) < 4.78 is 11.4. The van der Waals surface area contributed by atoms with Gasteiger partial charge in [0, 0.05) is 38.8 Å². The first-order valence-electron chi connectivity index (χ1n) is 10.6. The van der Waals surface area contributed by atoms with E-state index in [2.05, 4.69) is 40.3 Å². The zero-order chi connectivity index (χ0) is 22.4. The Morgan fingerprint density at radius 2 is 1.67 bits per heavy atom. The zero-order valence-electron chi connectivity index (χ0n) is 17.8. The molecule has 4 aromatic carbocycles. The molecular weight excluding hydrogens is 432 g/mol. The van der Waals surface area contributed by atoms with E-state index < -0.39 is 0 Å². The highest BCUT2D eigenvalue weighted by molar-refractivity contribution is 6.31. The lowest BCUT2D eigenvalue weighted by Gasteiger charge is -2.07. The summed E-state index contributed by atoms with van der Waals surface area (Å²) in [5, 5.41) is 4.08. The van der Waals surface area contributed by atoms with Gasteiger partial charge in [-0.15, -0.1) is 0 Å². The maximum absolute atomic E-state index is 6.14. The second kappa shape index (κ2) is 7.84. The van der Waals surface area contributed by atoms with Gasteiger partial charge in [0.25, 0.3) is 0 Å². The molecule has 0 unspecified atom stereocenters. The molecule has 160 valence electrons. The van der Waals surface area contributed by atoms with E-state index in [1.54, 1.807) is 13.3 Å². The number of aromatic amines is 1. The Morgan fingerprint density at radius 1 is 0.848 bits per heavy atom. The van der Waals surface area contributed by atoms with Gasteiger partial charge in [-0.3, -0.25) is 0 Å². The number of nitrogens with one attached hydrogen (secondary N) is 1. The molecule has 0 saturated carbocycles. The van der Waals surface area contributed by atoms with E-state index in [0.29, 0.717) is 5.89 Å². The summed E-state index contributed by atoms with van der Waals surface area (Å²) in [7, 11) is 1.65. The number of halogens is 1. The molecule has 33 heavy (non-hydrogen) atoms. The zero-order valence-corrected chi connectivity index (χ0v) is 18.6. The number of nitrogens with zero attached hydrogens (tertiary/aromatic N) is 1. The van der Waals surface area contributed by atoms with Crippen LogP contribution in [-0.2, 0) is 0 Å². The standard InChI is InChI=1S/C28H19ClN2O2/c1-32-21-9-5-17(6-10-21)27-16-31-28(33-27)24-4-2-3-18-13-19(7-11-22(18)24)25-15-30-26-14-20(29)8-12-23(25)26/h2-16,30H,1H3. The van der Waals surface area contributed by atoms with Crippen molar-refractivity contribution >= 4 is 33.3 Å². The molecule has 0 aliphatic rings. The second-order valence-corrected chi connectivity index (χ2v) is 8.33. The van der Waals surface area contributed by atoms with Crippen LogP contribution in [0.2, 0.25) is 5.02 Å². The largest absolute Gasteiger partial charge is 0.497 e. The molecule has 0 amide bonds. The molecule has 1 N–H and O–H groups in total. The predicted molar refractivity (Wildman–Crippen MR) is 134 cm³/mol. The van der Waals surface area contributed by atoms with E-state index in [4.69, 9.17) is 20.8 Å². The van der Waals surface area contributed by atoms with Crippen molar-refractivity contribution in [3.05, 3.63) is 96.3 Å². The Morgan fingerprint density at radius 3 is 2.52 bits per heavy atom. The van der Waals surface area contributed by atoms with Crippen molar-refractivity contribution in [2.45, 2.75) is 0 Å². The number of hydrogen-bond donors (Lipinski definition) is 1. The molecule has 2 heterocycles. The molecule has 0 aliphatic carbocycles. The fourth-order valence-electron chi connectivity index (χ4n) is 4.26. The summed E-state index contributed by atoms with van der Waals surface area (Å²) >= 11 is 6.14. The Kier molecular flexibility index (Phi) is 4.67. The summed E-state index contributed by atoms with van der Waals surface area (Å²) in [6, 6.07) is 26.3. The topological polar surface area (TPSA) is 51.0 Å². The van der Waals surface area contributed by atoms with Crippen molar-refractivity contribution in [2.75, 3.05) is 7.11 Å². The number of ether oxygens (including phenoxy) is 1. The first kappa shape index (κ1) is 19.6. The van der Waals surface area contributed by atoms with Gasteiger partial charge in [0.15, 0.2) is 5.76 Å². The molecule has 2 aromatic heterocycles. The van der Waals surface area contributed by atoms with Gasteiger partial charge in [0.2, 0.25) is 5.89 Å². The van der Waals surface area contributed by atoms with Gasteiger partial charge in [-0.05, 0) is 64.9 Å². The van der Waals surface area contributed by atoms with Gasteiger partial charge >= 0.3 is 0 Å². The Hall–Kier alpha value is -4.02. The fourth-order valence-corrected chi connectivity index (χ4v) is 4.43. The van der Waals surface area contributed by atoms with Crippen molar-refractivity contribution in [2.24, 2.45) is 0 Å². The lowest BCUT2D eigenvalue weighted by molar-refractivity contribution is 0.415. The number of hydrogen-bond acceptors (Lipinski definition) is 3. The fraction of sp³-hybridized carbons (Fsp3) is 0.0357. The van der Waals surface area contributed by atoms with E-state index in [1.807, 2.05) is 54.7 Å². The van der Waals surface area contributed by atoms with Crippen LogP contribution >= 0.6 is 11.6 Å². The van der Waals surface area contributed by atoms with Crippen LogP contribution in [0, 0.1) is 0 Å². The normalized spacial score (nSPS) is 11.3. The Balaban J connectivity index is 1.40. The summed E-state index contributed by atoms with van der Waals surface area (Å²) in [5.41, 5.74) is 5.23. The second-order valence-electron chi connectivity index (χ2n) is 7.89. The quantitative estimate of drug-likeness (QED) is 0.296. The number of fused-ring (bicyclic) bond motifs is 2. The molecule has 0 fully saturated rings. The average Bonchev–Trinajstić information content (AvgIpc) is 3.51. The van der Waals surface area contributed by atoms with Gasteiger partial charge in [-0.2, -0.15) is 0 Å². The van der Waals surface area contributed by atoms with Crippen LogP contribution in [0.5, 0.6) is 5.75 Å². The molecule has 0 radical (unpaired) electrons. The van der Waals surface area contributed by atoms with Crippen LogP contribution < -0.4 is 4.74 Å². The highest BCUT2D eigenvalue weighted by Gasteiger charge is 2.13.